The van der Waals surface area contributed by atoms with Gasteiger partial charge in [0.05, 0.1) is 11.9 Å². The zero-order chi connectivity index (χ0) is 23.9. The molecule has 0 aliphatic carbocycles. The van der Waals surface area contributed by atoms with E-state index in [0.29, 0.717) is 18.5 Å². The number of benzene rings is 2. The molecule has 2 aromatic rings. The van der Waals surface area contributed by atoms with E-state index in [1.54, 1.807) is 0 Å². The SMILES string of the molecule is CCCNC(=O)[C@H](C)N(Cc1ccc(F)cc1)C(=O)CN(c1cccc(F)c1)S(C)(=O)=O. The molecule has 0 aliphatic rings. The summed E-state index contributed by atoms with van der Waals surface area (Å²) in [4.78, 5) is 27.0. The summed E-state index contributed by atoms with van der Waals surface area (Å²) in [6, 6.07) is 9.38. The van der Waals surface area contributed by atoms with E-state index in [2.05, 4.69) is 5.32 Å². The van der Waals surface area contributed by atoms with E-state index in [4.69, 9.17) is 0 Å². The fourth-order valence-corrected chi connectivity index (χ4v) is 3.85. The highest BCUT2D eigenvalue weighted by atomic mass is 32.2. The molecule has 2 rings (SSSR count). The minimum absolute atomic E-state index is 0.00864. The average Bonchev–Trinajstić information content (AvgIpc) is 2.73. The van der Waals surface area contributed by atoms with Gasteiger partial charge in [-0.25, -0.2) is 17.2 Å². The molecule has 0 saturated heterocycles. The largest absolute Gasteiger partial charge is 0.354 e. The van der Waals surface area contributed by atoms with Crippen molar-refractivity contribution < 1.29 is 26.8 Å². The van der Waals surface area contributed by atoms with E-state index in [-0.39, 0.29) is 12.2 Å². The van der Waals surface area contributed by atoms with Crippen molar-refractivity contribution >= 4 is 27.5 Å². The van der Waals surface area contributed by atoms with Crippen LogP contribution in [0.5, 0.6) is 0 Å². The number of nitrogens with zero attached hydrogens (tertiary/aromatic N) is 2. The highest BCUT2D eigenvalue weighted by Gasteiger charge is 2.30. The van der Waals surface area contributed by atoms with Gasteiger partial charge in [-0.05, 0) is 49.2 Å². The van der Waals surface area contributed by atoms with Crippen LogP contribution in [0.4, 0.5) is 14.5 Å². The zero-order valence-electron chi connectivity index (χ0n) is 18.2. The number of anilines is 1. The molecule has 10 heteroatoms. The summed E-state index contributed by atoms with van der Waals surface area (Å²) < 4.78 is 52.5. The third-order valence-electron chi connectivity index (χ3n) is 4.76. The number of nitrogens with one attached hydrogen (secondary N) is 1. The van der Waals surface area contributed by atoms with Gasteiger partial charge in [0.1, 0.15) is 24.2 Å². The highest BCUT2D eigenvalue weighted by Crippen LogP contribution is 2.20. The number of hydrogen-bond acceptors (Lipinski definition) is 4. The first kappa shape index (κ1) is 25.3. The fourth-order valence-electron chi connectivity index (χ4n) is 3.01. The van der Waals surface area contributed by atoms with Crippen LogP contribution in [0.1, 0.15) is 25.8 Å². The second-order valence-electron chi connectivity index (χ2n) is 7.36. The Labute approximate surface area is 187 Å². The van der Waals surface area contributed by atoms with Crippen molar-refractivity contribution in [1.29, 1.82) is 0 Å². The van der Waals surface area contributed by atoms with Crippen LogP contribution in [-0.4, -0.2) is 50.5 Å². The van der Waals surface area contributed by atoms with Crippen LogP contribution >= 0.6 is 0 Å². The van der Waals surface area contributed by atoms with Gasteiger partial charge >= 0.3 is 0 Å². The van der Waals surface area contributed by atoms with Gasteiger partial charge in [0.25, 0.3) is 0 Å². The van der Waals surface area contributed by atoms with Gasteiger partial charge in [0.2, 0.25) is 21.8 Å². The molecular formula is C22H27F2N3O4S. The maximum atomic E-state index is 13.7. The molecule has 0 heterocycles. The van der Waals surface area contributed by atoms with E-state index in [9.17, 15) is 26.8 Å². The lowest BCUT2D eigenvalue weighted by atomic mass is 10.1. The third kappa shape index (κ3) is 7.01. The van der Waals surface area contributed by atoms with E-state index < -0.39 is 46.1 Å². The minimum Gasteiger partial charge on any atom is -0.354 e. The minimum atomic E-state index is -3.93. The first-order chi connectivity index (χ1) is 15.0. The van der Waals surface area contributed by atoms with Crippen LogP contribution < -0.4 is 9.62 Å². The summed E-state index contributed by atoms with van der Waals surface area (Å²) in [5.41, 5.74) is 0.553. The molecule has 0 aliphatic heterocycles. The number of amides is 2. The summed E-state index contributed by atoms with van der Waals surface area (Å²) in [7, 11) is -3.93. The summed E-state index contributed by atoms with van der Waals surface area (Å²) >= 11 is 0. The highest BCUT2D eigenvalue weighted by molar-refractivity contribution is 7.92. The molecule has 0 radical (unpaired) electrons. The molecule has 32 heavy (non-hydrogen) atoms. The van der Waals surface area contributed by atoms with Crippen molar-refractivity contribution in [2.45, 2.75) is 32.9 Å². The first-order valence-electron chi connectivity index (χ1n) is 10.1. The molecule has 0 fully saturated rings. The standard InChI is InChI=1S/C22H27F2N3O4S/c1-4-12-25-22(29)16(2)26(14-17-8-10-18(23)11-9-17)21(28)15-27(32(3,30)31)20-7-5-6-19(24)13-20/h5-11,13,16H,4,12,14-15H2,1-3H3,(H,25,29)/t16-/m0/s1. The lowest BCUT2D eigenvalue weighted by molar-refractivity contribution is -0.139. The Morgan fingerprint density at radius 2 is 1.72 bits per heavy atom. The first-order valence-corrected chi connectivity index (χ1v) is 11.9. The summed E-state index contributed by atoms with van der Waals surface area (Å²) in [5, 5.41) is 2.71. The Morgan fingerprint density at radius 3 is 2.28 bits per heavy atom. The van der Waals surface area contributed by atoms with Gasteiger partial charge in [-0.3, -0.25) is 13.9 Å². The maximum absolute atomic E-state index is 13.7. The quantitative estimate of drug-likeness (QED) is 0.582. The molecule has 2 aromatic carbocycles. The van der Waals surface area contributed by atoms with Crippen LogP contribution in [0, 0.1) is 11.6 Å². The molecular weight excluding hydrogens is 440 g/mol. The molecule has 0 bridgehead atoms. The molecule has 1 N–H and O–H groups in total. The lowest BCUT2D eigenvalue weighted by Gasteiger charge is -2.31. The van der Waals surface area contributed by atoms with E-state index in [0.717, 1.165) is 22.7 Å². The van der Waals surface area contributed by atoms with Gasteiger partial charge in [-0.1, -0.05) is 25.1 Å². The average molecular weight is 468 g/mol. The van der Waals surface area contributed by atoms with Gasteiger partial charge in [0.15, 0.2) is 0 Å². The Morgan fingerprint density at radius 1 is 1.06 bits per heavy atom. The number of hydrogen-bond donors (Lipinski definition) is 1. The molecule has 0 spiro atoms. The second kappa shape index (κ2) is 11.0. The Balaban J connectivity index is 2.35. The molecule has 0 aromatic heterocycles. The molecule has 174 valence electrons. The number of halogens is 2. The zero-order valence-corrected chi connectivity index (χ0v) is 19.0. The lowest BCUT2D eigenvalue weighted by Crippen LogP contribution is -2.51. The van der Waals surface area contributed by atoms with Gasteiger partial charge in [0, 0.05) is 13.1 Å². The molecule has 2 amide bonds. The molecule has 1 atom stereocenters. The van der Waals surface area contributed by atoms with Gasteiger partial charge in [-0.15, -0.1) is 0 Å². The Kier molecular flexibility index (Phi) is 8.71. The second-order valence-corrected chi connectivity index (χ2v) is 9.27. The predicted octanol–water partition coefficient (Wildman–Crippen LogP) is 2.67. The van der Waals surface area contributed by atoms with Gasteiger partial charge in [-0.2, -0.15) is 0 Å². The van der Waals surface area contributed by atoms with Crippen LogP contribution in [0.2, 0.25) is 0 Å². The van der Waals surface area contributed by atoms with Crippen molar-refractivity contribution in [2.24, 2.45) is 0 Å². The monoisotopic (exact) mass is 467 g/mol. The number of rotatable bonds is 10. The van der Waals surface area contributed by atoms with Crippen molar-refractivity contribution in [1.82, 2.24) is 10.2 Å². The molecule has 0 saturated carbocycles. The number of carbonyl (C=O) groups is 2. The smallest absolute Gasteiger partial charge is 0.244 e. The van der Waals surface area contributed by atoms with Crippen LogP contribution in [0.3, 0.4) is 0 Å². The Bertz CT molecular complexity index is 1050. The van der Waals surface area contributed by atoms with E-state index >= 15 is 0 Å². The van der Waals surface area contributed by atoms with Crippen LogP contribution in [0.15, 0.2) is 48.5 Å². The fraction of sp³-hybridized carbons (Fsp3) is 0.364. The summed E-state index contributed by atoms with van der Waals surface area (Å²) in [6.45, 7) is 3.16. The predicted molar refractivity (Wildman–Crippen MR) is 118 cm³/mol. The maximum Gasteiger partial charge on any atom is 0.244 e. The van der Waals surface area contributed by atoms with Crippen LogP contribution in [-0.2, 0) is 26.2 Å². The van der Waals surface area contributed by atoms with Crippen LogP contribution in [0.25, 0.3) is 0 Å². The van der Waals surface area contributed by atoms with Crippen molar-refractivity contribution in [3.63, 3.8) is 0 Å². The molecule has 0 unspecified atom stereocenters. The molecule has 7 nitrogen and oxygen atoms in total. The Hall–Kier alpha value is -3.01. The van der Waals surface area contributed by atoms with Crippen molar-refractivity contribution in [3.8, 4) is 0 Å². The van der Waals surface area contributed by atoms with Crippen molar-refractivity contribution in [3.05, 3.63) is 65.7 Å². The number of sulfonamides is 1. The topological polar surface area (TPSA) is 86.8 Å². The van der Waals surface area contributed by atoms with E-state index in [1.165, 1.54) is 48.2 Å². The van der Waals surface area contributed by atoms with Gasteiger partial charge < -0.3 is 10.2 Å². The normalized spacial score (nSPS) is 12.2. The summed E-state index contributed by atoms with van der Waals surface area (Å²) in [6.07, 6.45) is 1.61. The number of carbonyl (C=O) groups excluding carboxylic acids is 2. The third-order valence-corrected chi connectivity index (χ3v) is 5.90. The van der Waals surface area contributed by atoms with Crippen molar-refractivity contribution in [2.75, 3.05) is 23.7 Å². The van der Waals surface area contributed by atoms with E-state index in [1.807, 2.05) is 6.92 Å². The summed E-state index contributed by atoms with van der Waals surface area (Å²) in [5.74, 6) is -2.17.